The molecule has 0 saturated carbocycles. The molecular formula is C33H38N7O10S2+. The van der Waals surface area contributed by atoms with Crippen molar-refractivity contribution in [1.29, 1.82) is 0 Å². The molecule has 5 heterocycles. The van der Waals surface area contributed by atoms with E-state index in [1.54, 1.807) is 6.20 Å². The second-order valence-corrected chi connectivity index (χ2v) is 15.5. The van der Waals surface area contributed by atoms with E-state index in [1.807, 2.05) is 11.5 Å². The number of carbonyl (C=O) groups is 4. The van der Waals surface area contributed by atoms with E-state index in [9.17, 15) is 44.4 Å². The van der Waals surface area contributed by atoms with E-state index >= 15 is 0 Å². The summed E-state index contributed by atoms with van der Waals surface area (Å²) in [4.78, 5) is 75.5. The molecule has 2 fully saturated rings. The molecule has 3 aliphatic heterocycles. The molecule has 3 aliphatic rings. The average Bonchev–Trinajstić information content (AvgIpc) is 3.74. The number of likely N-dealkylation sites (tertiary alicyclic amines) is 1. The summed E-state index contributed by atoms with van der Waals surface area (Å²) in [6.45, 7) is 6.77. The van der Waals surface area contributed by atoms with Crippen LogP contribution in [0, 0.1) is 0 Å². The lowest BCUT2D eigenvalue weighted by atomic mass is 10.0. The summed E-state index contributed by atoms with van der Waals surface area (Å²) in [6, 6.07) is 1.49. The van der Waals surface area contributed by atoms with E-state index in [0.717, 1.165) is 24.2 Å². The molecule has 52 heavy (non-hydrogen) atoms. The van der Waals surface area contributed by atoms with Crippen molar-refractivity contribution in [2.24, 2.45) is 5.16 Å². The van der Waals surface area contributed by atoms with Crippen molar-refractivity contribution in [3.8, 4) is 11.5 Å². The molecular weight excluding hydrogens is 719 g/mol. The van der Waals surface area contributed by atoms with Crippen molar-refractivity contribution in [2.45, 2.75) is 63.7 Å². The number of phenolic OH excluding ortho intramolecular Hbond substituents is 2. The predicted octanol–water partition coefficient (Wildman–Crippen LogP) is 1.60. The van der Waals surface area contributed by atoms with E-state index in [4.69, 9.17) is 10.6 Å². The first-order valence-corrected chi connectivity index (χ1v) is 18.3. The summed E-state index contributed by atoms with van der Waals surface area (Å²) in [6.07, 6.45) is 3.46. The van der Waals surface area contributed by atoms with Gasteiger partial charge in [-0.1, -0.05) is 5.16 Å². The minimum absolute atomic E-state index is 0.00112. The highest BCUT2D eigenvalue weighted by molar-refractivity contribution is 8.00. The van der Waals surface area contributed by atoms with Crippen LogP contribution in [0.4, 0.5) is 5.13 Å². The van der Waals surface area contributed by atoms with Gasteiger partial charge in [-0.05, 0) is 26.8 Å². The molecule has 276 valence electrons. The molecule has 1 aromatic carbocycles. The molecule has 2 amide bonds. The second kappa shape index (κ2) is 13.8. The van der Waals surface area contributed by atoms with Crippen LogP contribution in [0.1, 0.15) is 44.9 Å². The average molecular weight is 757 g/mol. The number of rotatable bonds is 12. The maximum absolute atomic E-state index is 13.7. The Hall–Kier alpha value is -5.14. The highest BCUT2D eigenvalue weighted by atomic mass is 32.2. The normalized spacial score (nSPS) is 20.1. The molecule has 2 saturated heterocycles. The number of thiazole rings is 1. The fourth-order valence-electron chi connectivity index (χ4n) is 6.81. The van der Waals surface area contributed by atoms with Crippen molar-refractivity contribution < 1.29 is 48.9 Å². The number of carboxylic acids is 2. The third-order valence-corrected chi connectivity index (χ3v) is 11.5. The number of aromatic nitrogens is 2. The van der Waals surface area contributed by atoms with Gasteiger partial charge >= 0.3 is 11.9 Å². The molecule has 6 rings (SSSR count). The number of aromatic hydroxyl groups is 2. The van der Waals surface area contributed by atoms with Crippen LogP contribution in [-0.2, 0) is 37.1 Å². The molecule has 19 heteroatoms. The number of oxime groups is 1. The molecule has 0 spiro atoms. The van der Waals surface area contributed by atoms with Gasteiger partial charge in [-0.25, -0.2) is 14.6 Å². The molecule has 17 nitrogen and oxygen atoms in total. The maximum Gasteiger partial charge on any atom is 0.352 e. The fraction of sp³-hybridized carbons (Fsp3) is 0.424. The van der Waals surface area contributed by atoms with Crippen LogP contribution < -0.4 is 16.5 Å². The number of thioether (sulfide) groups is 1. The Balaban J connectivity index is 1.26. The standard InChI is InChI=1S/C33H37N7O10S2/c1-4-38-11-16(26(43)18-9-21(41)22(42)10-20(18)38)12-40(7-5-6-8-40)13-17-14-51-29-24(28(45)39(29)25(17)30(46)47)36-27(44)23(19-15-52-32(34)35-19)37-50-33(2,3)31(48)49/h9-11,15,24,29H,4-8,12-14H2,1-3H3,(H6-,34,35,36,37,41,42,43,44,46,47,48,49)/p+1/t24-,29-/m1/s1. The van der Waals surface area contributed by atoms with Gasteiger partial charge in [-0.15, -0.1) is 23.1 Å². The number of carboxylic acid groups (broad SMARTS) is 2. The number of amides is 2. The number of aryl methyl sites for hydroxylation is 1. The highest BCUT2D eigenvalue weighted by Crippen LogP contribution is 2.42. The number of phenols is 2. The zero-order valence-corrected chi connectivity index (χ0v) is 30.1. The summed E-state index contributed by atoms with van der Waals surface area (Å²) in [5.74, 6) is -4.67. The second-order valence-electron chi connectivity index (χ2n) is 13.5. The first kappa shape index (κ1) is 36.6. The number of β-lactam (4-membered cyclic amide) rings is 1. The van der Waals surface area contributed by atoms with Crippen LogP contribution in [0.2, 0.25) is 0 Å². The Labute approximate surface area is 304 Å². The van der Waals surface area contributed by atoms with Gasteiger partial charge in [-0.3, -0.25) is 19.3 Å². The van der Waals surface area contributed by atoms with Gasteiger partial charge in [-0.2, -0.15) is 0 Å². The Bertz CT molecular complexity index is 2120. The number of nitrogen functional groups attached to an aromatic ring is 1. The third kappa shape index (κ3) is 6.66. The maximum atomic E-state index is 13.7. The van der Waals surface area contributed by atoms with E-state index < -0.39 is 52.2 Å². The molecule has 0 bridgehead atoms. The molecule has 0 unspecified atom stereocenters. The van der Waals surface area contributed by atoms with Crippen molar-refractivity contribution in [2.75, 3.05) is 31.1 Å². The monoisotopic (exact) mass is 756 g/mol. The first-order chi connectivity index (χ1) is 24.6. The van der Waals surface area contributed by atoms with Gasteiger partial charge in [0.2, 0.25) is 5.60 Å². The van der Waals surface area contributed by atoms with Gasteiger partial charge < -0.3 is 45.4 Å². The topological polar surface area (TPSA) is 247 Å². The van der Waals surface area contributed by atoms with Crippen LogP contribution >= 0.6 is 23.1 Å². The minimum atomic E-state index is -1.80. The first-order valence-electron chi connectivity index (χ1n) is 16.4. The Kier molecular flexibility index (Phi) is 9.71. The number of anilines is 1. The number of pyridine rings is 1. The molecule has 2 atom stereocenters. The summed E-state index contributed by atoms with van der Waals surface area (Å²) < 4.78 is 2.21. The number of nitrogens with zero attached hydrogens (tertiary/aromatic N) is 5. The lowest BCUT2D eigenvalue weighted by molar-refractivity contribution is -0.925. The van der Waals surface area contributed by atoms with E-state index in [1.165, 1.54) is 48.0 Å². The predicted molar refractivity (Wildman–Crippen MR) is 191 cm³/mol. The number of benzene rings is 1. The number of nitrogens with one attached hydrogen (secondary N) is 1. The van der Waals surface area contributed by atoms with Crippen LogP contribution in [0.3, 0.4) is 0 Å². The van der Waals surface area contributed by atoms with Gasteiger partial charge in [0.15, 0.2) is 27.8 Å². The summed E-state index contributed by atoms with van der Waals surface area (Å²) in [7, 11) is 0. The van der Waals surface area contributed by atoms with Crippen LogP contribution in [0.25, 0.3) is 10.9 Å². The van der Waals surface area contributed by atoms with Crippen molar-refractivity contribution >= 4 is 68.6 Å². The minimum Gasteiger partial charge on any atom is -0.504 e. The largest absolute Gasteiger partial charge is 0.504 e. The van der Waals surface area contributed by atoms with Gasteiger partial charge in [0.05, 0.1) is 29.6 Å². The zero-order valence-electron chi connectivity index (χ0n) is 28.5. The van der Waals surface area contributed by atoms with E-state index in [-0.39, 0.29) is 51.9 Å². The number of aliphatic carboxylic acids is 2. The quantitative estimate of drug-likeness (QED) is 0.0506. The number of fused-ring (bicyclic) bond motifs is 2. The number of quaternary nitrogens is 1. The molecule has 0 radical (unpaired) electrons. The molecule has 7 N–H and O–H groups in total. The molecule has 2 aromatic heterocycles. The van der Waals surface area contributed by atoms with Gasteiger partial charge in [0.1, 0.15) is 35.9 Å². The Morgan fingerprint density at radius 2 is 1.83 bits per heavy atom. The number of nitrogens with two attached hydrogens (primary N) is 1. The third-order valence-electron chi connectivity index (χ3n) is 9.53. The smallest absolute Gasteiger partial charge is 0.352 e. The van der Waals surface area contributed by atoms with Crippen molar-refractivity contribution in [3.05, 3.63) is 56.5 Å². The zero-order chi connectivity index (χ0) is 37.7. The van der Waals surface area contributed by atoms with E-state index in [0.29, 0.717) is 40.8 Å². The van der Waals surface area contributed by atoms with Crippen molar-refractivity contribution in [1.82, 2.24) is 19.8 Å². The van der Waals surface area contributed by atoms with Gasteiger partial charge in [0.25, 0.3) is 11.8 Å². The van der Waals surface area contributed by atoms with Crippen LogP contribution in [-0.4, -0.2) is 111 Å². The number of carbonyl (C=O) groups excluding carboxylic acids is 2. The highest BCUT2D eigenvalue weighted by Gasteiger charge is 2.55. The van der Waals surface area contributed by atoms with Crippen LogP contribution in [0.5, 0.6) is 11.5 Å². The molecule has 0 aliphatic carbocycles. The SMILES string of the molecule is CCn1cc(C[N+]2(CC3=C(C(=O)O)N4C(=O)[C@@H](NC(=O)/C(=N\OC(C)(C)C(=O)O)c5csc(N)n5)[C@H]4SC3)CCCC2)c(=O)c2cc(O)c(O)cc21. The van der Waals surface area contributed by atoms with Crippen LogP contribution in [0.15, 0.2) is 44.9 Å². The number of hydrogen-bond acceptors (Lipinski definition) is 13. The summed E-state index contributed by atoms with van der Waals surface area (Å²) in [5.41, 5.74) is 4.57. The molecule has 3 aromatic rings. The Morgan fingerprint density at radius 1 is 1.13 bits per heavy atom. The lowest BCUT2D eigenvalue weighted by Crippen LogP contribution is -2.71. The summed E-state index contributed by atoms with van der Waals surface area (Å²) >= 11 is 2.30. The van der Waals surface area contributed by atoms with Crippen molar-refractivity contribution in [3.63, 3.8) is 0 Å². The fourth-order valence-corrected chi connectivity index (χ4v) is 8.69. The lowest BCUT2D eigenvalue weighted by Gasteiger charge is -2.50. The van der Waals surface area contributed by atoms with E-state index in [2.05, 4.69) is 15.5 Å². The number of hydrogen-bond donors (Lipinski definition) is 6. The summed E-state index contributed by atoms with van der Waals surface area (Å²) in [5, 5.41) is 47.5. The van der Waals surface area contributed by atoms with Gasteiger partial charge in [0, 0.05) is 48.4 Å². The Morgan fingerprint density at radius 3 is 2.44 bits per heavy atom.